The van der Waals surface area contributed by atoms with Crippen LogP contribution >= 0.6 is 11.3 Å². The summed E-state index contributed by atoms with van der Waals surface area (Å²) in [6.07, 6.45) is 0. The summed E-state index contributed by atoms with van der Waals surface area (Å²) in [5.41, 5.74) is 1.62. The molecule has 144 valence electrons. The van der Waals surface area contributed by atoms with Gasteiger partial charge in [-0.2, -0.15) is 0 Å². The molecule has 0 radical (unpaired) electrons. The van der Waals surface area contributed by atoms with Crippen molar-refractivity contribution >= 4 is 28.9 Å². The smallest absolute Gasteiger partial charge is 0.350 e. The molecular formula is C21H19NO5S. The standard InChI is InChI=1S/C21H19NO5S/c1-25-14-9-10-17(26-2)15(11-14)20(23)22-16-12-18(13-7-5-4-6-8-13)28-19(16)21(24)27-3/h4-12H,1-3H3,(H,22,23). The fourth-order valence-corrected chi connectivity index (χ4v) is 3.69. The first-order valence-electron chi connectivity index (χ1n) is 8.38. The second-order valence-corrected chi connectivity index (χ2v) is 6.78. The molecular weight excluding hydrogens is 378 g/mol. The number of amides is 1. The number of hydrogen-bond donors (Lipinski definition) is 1. The number of ether oxygens (including phenoxy) is 3. The molecule has 1 amide bonds. The van der Waals surface area contributed by atoms with Crippen LogP contribution in [-0.4, -0.2) is 33.2 Å². The average molecular weight is 397 g/mol. The van der Waals surface area contributed by atoms with Crippen LogP contribution in [0.25, 0.3) is 10.4 Å². The summed E-state index contributed by atoms with van der Waals surface area (Å²) in [5, 5.41) is 2.79. The first-order chi connectivity index (χ1) is 13.6. The van der Waals surface area contributed by atoms with Crippen LogP contribution in [0.4, 0.5) is 5.69 Å². The van der Waals surface area contributed by atoms with Crippen LogP contribution in [0, 0.1) is 0 Å². The van der Waals surface area contributed by atoms with Gasteiger partial charge in [-0.1, -0.05) is 30.3 Å². The molecule has 0 saturated heterocycles. The number of carbonyl (C=O) groups excluding carboxylic acids is 2. The Labute approximate surface area is 166 Å². The van der Waals surface area contributed by atoms with E-state index in [1.165, 1.54) is 32.7 Å². The molecule has 0 saturated carbocycles. The zero-order valence-corrected chi connectivity index (χ0v) is 16.5. The summed E-state index contributed by atoms with van der Waals surface area (Å²) >= 11 is 1.25. The van der Waals surface area contributed by atoms with Gasteiger partial charge in [0.2, 0.25) is 0 Å². The van der Waals surface area contributed by atoms with Gasteiger partial charge in [-0.3, -0.25) is 4.79 Å². The summed E-state index contributed by atoms with van der Waals surface area (Å²) in [6, 6.07) is 16.3. The highest BCUT2D eigenvalue weighted by Gasteiger charge is 2.21. The van der Waals surface area contributed by atoms with E-state index < -0.39 is 11.9 Å². The maximum absolute atomic E-state index is 12.9. The Morgan fingerprint density at radius 1 is 0.929 bits per heavy atom. The van der Waals surface area contributed by atoms with E-state index in [9.17, 15) is 9.59 Å². The van der Waals surface area contributed by atoms with Gasteiger partial charge in [0.05, 0.1) is 32.6 Å². The predicted octanol–water partition coefficient (Wildman–Crippen LogP) is 4.47. The van der Waals surface area contributed by atoms with Crippen molar-refractivity contribution in [2.75, 3.05) is 26.6 Å². The molecule has 0 atom stereocenters. The Hall–Kier alpha value is -3.32. The van der Waals surface area contributed by atoms with Gasteiger partial charge in [-0.05, 0) is 29.8 Å². The molecule has 3 aromatic rings. The number of benzene rings is 2. The minimum atomic E-state index is -0.514. The number of methoxy groups -OCH3 is 3. The summed E-state index contributed by atoms with van der Waals surface area (Å²) in [7, 11) is 4.31. The maximum Gasteiger partial charge on any atom is 0.350 e. The first-order valence-corrected chi connectivity index (χ1v) is 9.20. The topological polar surface area (TPSA) is 73.9 Å². The lowest BCUT2D eigenvalue weighted by molar-refractivity contribution is 0.0607. The van der Waals surface area contributed by atoms with Crippen LogP contribution < -0.4 is 14.8 Å². The molecule has 2 aromatic carbocycles. The van der Waals surface area contributed by atoms with Crippen molar-refractivity contribution in [3.8, 4) is 21.9 Å². The van der Waals surface area contributed by atoms with Gasteiger partial charge in [-0.25, -0.2) is 4.79 Å². The van der Waals surface area contributed by atoms with E-state index in [0.29, 0.717) is 27.6 Å². The number of nitrogens with one attached hydrogen (secondary N) is 1. The molecule has 1 N–H and O–H groups in total. The Bertz CT molecular complexity index is 997. The molecule has 0 aliphatic heterocycles. The molecule has 3 rings (SSSR count). The SMILES string of the molecule is COC(=O)c1sc(-c2ccccc2)cc1NC(=O)c1cc(OC)ccc1OC. The van der Waals surface area contributed by atoms with E-state index >= 15 is 0 Å². The van der Waals surface area contributed by atoms with Gasteiger partial charge in [0.15, 0.2) is 0 Å². The second kappa shape index (κ2) is 8.58. The monoisotopic (exact) mass is 397 g/mol. The van der Waals surface area contributed by atoms with E-state index in [-0.39, 0.29) is 0 Å². The van der Waals surface area contributed by atoms with Crippen LogP contribution in [-0.2, 0) is 4.74 Å². The minimum absolute atomic E-state index is 0.296. The lowest BCUT2D eigenvalue weighted by Crippen LogP contribution is -2.15. The minimum Gasteiger partial charge on any atom is -0.497 e. The molecule has 1 aromatic heterocycles. The molecule has 0 spiro atoms. The summed E-state index contributed by atoms with van der Waals surface area (Å²) in [5.74, 6) is -0.00994. The van der Waals surface area contributed by atoms with E-state index in [2.05, 4.69) is 5.32 Å². The molecule has 7 heteroatoms. The summed E-state index contributed by atoms with van der Waals surface area (Å²) in [4.78, 5) is 26.2. The lowest BCUT2D eigenvalue weighted by Gasteiger charge is -2.11. The van der Waals surface area contributed by atoms with Crippen LogP contribution in [0.1, 0.15) is 20.0 Å². The summed E-state index contributed by atoms with van der Waals surface area (Å²) < 4.78 is 15.3. The van der Waals surface area contributed by atoms with Gasteiger partial charge in [0.25, 0.3) is 5.91 Å². The molecule has 0 bridgehead atoms. The van der Waals surface area contributed by atoms with Crippen LogP contribution in [0.2, 0.25) is 0 Å². The Balaban J connectivity index is 1.98. The Morgan fingerprint density at radius 2 is 1.68 bits per heavy atom. The zero-order chi connectivity index (χ0) is 20.1. The average Bonchev–Trinajstić information content (AvgIpc) is 3.17. The van der Waals surface area contributed by atoms with Crippen molar-refractivity contribution in [3.05, 3.63) is 65.0 Å². The van der Waals surface area contributed by atoms with E-state index in [1.54, 1.807) is 24.3 Å². The molecule has 0 aliphatic carbocycles. The normalized spacial score (nSPS) is 10.2. The van der Waals surface area contributed by atoms with Gasteiger partial charge >= 0.3 is 5.97 Å². The highest BCUT2D eigenvalue weighted by molar-refractivity contribution is 7.18. The highest BCUT2D eigenvalue weighted by atomic mass is 32.1. The molecule has 0 fully saturated rings. The summed E-state index contributed by atoms with van der Waals surface area (Å²) in [6.45, 7) is 0. The molecule has 1 heterocycles. The molecule has 0 aliphatic rings. The van der Waals surface area contributed by atoms with Gasteiger partial charge in [0.1, 0.15) is 16.4 Å². The van der Waals surface area contributed by atoms with E-state index in [4.69, 9.17) is 14.2 Å². The van der Waals surface area contributed by atoms with Crippen molar-refractivity contribution in [2.24, 2.45) is 0 Å². The number of esters is 1. The Kier molecular flexibility index (Phi) is 5.96. The van der Waals surface area contributed by atoms with Crippen molar-refractivity contribution in [3.63, 3.8) is 0 Å². The molecule has 6 nitrogen and oxygen atoms in total. The predicted molar refractivity (Wildman–Crippen MR) is 109 cm³/mol. The van der Waals surface area contributed by atoms with Crippen LogP contribution in [0.3, 0.4) is 0 Å². The number of thiophene rings is 1. The Morgan fingerprint density at radius 3 is 2.32 bits per heavy atom. The highest BCUT2D eigenvalue weighted by Crippen LogP contribution is 2.36. The largest absolute Gasteiger partial charge is 0.497 e. The number of anilines is 1. The fourth-order valence-electron chi connectivity index (χ4n) is 2.65. The third-order valence-electron chi connectivity index (χ3n) is 4.06. The van der Waals surface area contributed by atoms with Gasteiger partial charge in [-0.15, -0.1) is 11.3 Å². The third kappa shape index (κ3) is 3.99. The van der Waals surface area contributed by atoms with Gasteiger partial charge in [0, 0.05) is 4.88 Å². The van der Waals surface area contributed by atoms with Crippen LogP contribution in [0.5, 0.6) is 11.5 Å². The number of carbonyl (C=O) groups is 2. The quantitative estimate of drug-likeness (QED) is 0.621. The van der Waals surface area contributed by atoms with Crippen molar-refractivity contribution in [1.29, 1.82) is 0 Å². The van der Waals surface area contributed by atoms with Crippen molar-refractivity contribution < 1.29 is 23.8 Å². The van der Waals surface area contributed by atoms with Crippen molar-refractivity contribution in [2.45, 2.75) is 0 Å². The van der Waals surface area contributed by atoms with Gasteiger partial charge < -0.3 is 19.5 Å². The molecule has 28 heavy (non-hydrogen) atoms. The fraction of sp³-hybridized carbons (Fsp3) is 0.143. The zero-order valence-electron chi connectivity index (χ0n) is 15.6. The lowest BCUT2D eigenvalue weighted by atomic mass is 10.1. The maximum atomic E-state index is 12.9. The van der Waals surface area contributed by atoms with E-state index in [1.807, 2.05) is 30.3 Å². The van der Waals surface area contributed by atoms with E-state index in [0.717, 1.165) is 10.4 Å². The molecule has 0 unspecified atom stereocenters. The number of hydrogen-bond acceptors (Lipinski definition) is 6. The van der Waals surface area contributed by atoms with Crippen molar-refractivity contribution in [1.82, 2.24) is 0 Å². The first kappa shape index (κ1) is 19.4. The third-order valence-corrected chi connectivity index (χ3v) is 5.22. The van der Waals surface area contributed by atoms with Crippen LogP contribution in [0.15, 0.2) is 54.6 Å². The number of rotatable bonds is 6. The second-order valence-electron chi connectivity index (χ2n) is 5.73.